The van der Waals surface area contributed by atoms with Gasteiger partial charge in [0.05, 0.1) is 0 Å². The van der Waals surface area contributed by atoms with Crippen LogP contribution in [0, 0.1) is 0 Å². The largest absolute Gasteiger partial charge is 0.396 e. The van der Waals surface area contributed by atoms with Crippen molar-refractivity contribution in [2.24, 2.45) is 0 Å². The average Bonchev–Trinajstić information content (AvgIpc) is 2.06. The Morgan fingerprint density at radius 2 is 1.82 bits per heavy atom. The van der Waals surface area contributed by atoms with Crippen molar-refractivity contribution in [2.45, 2.75) is 12.3 Å². The molecule has 1 N–H and O–H groups in total. The van der Waals surface area contributed by atoms with Gasteiger partial charge in [0.15, 0.2) is 0 Å². The summed E-state index contributed by atoms with van der Waals surface area (Å²) in [5, 5.41) is 8.70. The smallest absolute Gasteiger partial charge is 0.0476 e. The van der Waals surface area contributed by atoms with Crippen LogP contribution in [-0.4, -0.2) is 11.7 Å². The van der Waals surface area contributed by atoms with Crippen molar-refractivity contribution in [3.05, 3.63) is 35.4 Å². The third kappa shape index (κ3) is 2.21. The Kier molecular flexibility index (Phi) is 3.40. The van der Waals surface area contributed by atoms with Gasteiger partial charge in [-0.3, -0.25) is 0 Å². The maximum atomic E-state index is 8.70. The first-order chi connectivity index (χ1) is 5.38. The zero-order valence-electron chi connectivity index (χ0n) is 6.26. The molecular weight excluding hydrogens is 160 g/mol. The Bertz CT molecular complexity index is 223. The molecule has 1 rings (SSSR count). The Labute approximate surface area is 71.6 Å². The van der Waals surface area contributed by atoms with Gasteiger partial charge in [-0.15, -0.1) is 11.6 Å². The van der Waals surface area contributed by atoms with E-state index in [9.17, 15) is 0 Å². The molecule has 0 aliphatic heterocycles. The van der Waals surface area contributed by atoms with Crippen molar-refractivity contribution >= 4 is 11.6 Å². The predicted octanol–water partition coefficient (Wildman–Crippen LogP) is 1.96. The Morgan fingerprint density at radius 3 is 2.36 bits per heavy atom. The summed E-state index contributed by atoms with van der Waals surface area (Å²) in [6, 6.07) is 7.89. The monoisotopic (exact) mass is 170 g/mol. The van der Waals surface area contributed by atoms with Crippen molar-refractivity contribution < 1.29 is 5.11 Å². The Morgan fingerprint density at radius 1 is 1.18 bits per heavy atom. The van der Waals surface area contributed by atoms with E-state index in [-0.39, 0.29) is 6.61 Å². The topological polar surface area (TPSA) is 20.2 Å². The van der Waals surface area contributed by atoms with Crippen LogP contribution in [-0.2, 0) is 12.3 Å². The molecule has 0 bridgehead atoms. The van der Waals surface area contributed by atoms with Crippen molar-refractivity contribution in [1.29, 1.82) is 0 Å². The van der Waals surface area contributed by atoms with Crippen molar-refractivity contribution in [1.82, 2.24) is 0 Å². The molecule has 0 spiro atoms. The zero-order valence-corrected chi connectivity index (χ0v) is 7.01. The molecule has 0 aliphatic carbocycles. The van der Waals surface area contributed by atoms with E-state index in [1.54, 1.807) is 0 Å². The van der Waals surface area contributed by atoms with Gasteiger partial charge in [-0.2, -0.15) is 0 Å². The van der Waals surface area contributed by atoms with Gasteiger partial charge < -0.3 is 5.11 Å². The first kappa shape index (κ1) is 8.57. The fourth-order valence-corrected chi connectivity index (χ4v) is 1.31. The molecule has 0 radical (unpaired) electrons. The lowest BCUT2D eigenvalue weighted by Crippen LogP contribution is -1.94. The van der Waals surface area contributed by atoms with Gasteiger partial charge in [-0.25, -0.2) is 0 Å². The summed E-state index contributed by atoms with van der Waals surface area (Å²) < 4.78 is 0. The van der Waals surface area contributed by atoms with Gasteiger partial charge in [-0.1, -0.05) is 24.3 Å². The van der Waals surface area contributed by atoms with Gasteiger partial charge in [-0.05, 0) is 17.5 Å². The number of benzene rings is 1. The van der Waals surface area contributed by atoms with E-state index in [1.165, 1.54) is 0 Å². The SMILES string of the molecule is OCCc1ccccc1CCl. The maximum Gasteiger partial charge on any atom is 0.0476 e. The van der Waals surface area contributed by atoms with Crippen molar-refractivity contribution in [3.63, 3.8) is 0 Å². The molecule has 2 heteroatoms. The summed E-state index contributed by atoms with van der Waals surface area (Å²) in [5.41, 5.74) is 2.26. The lowest BCUT2D eigenvalue weighted by molar-refractivity contribution is 0.299. The second kappa shape index (κ2) is 4.37. The van der Waals surface area contributed by atoms with Crippen LogP contribution in [0.2, 0.25) is 0 Å². The lowest BCUT2D eigenvalue weighted by Gasteiger charge is -2.03. The molecule has 0 amide bonds. The third-order valence-electron chi connectivity index (χ3n) is 1.64. The zero-order chi connectivity index (χ0) is 8.10. The molecule has 60 valence electrons. The molecule has 0 saturated heterocycles. The average molecular weight is 171 g/mol. The van der Waals surface area contributed by atoms with E-state index in [4.69, 9.17) is 16.7 Å². The molecule has 1 nitrogen and oxygen atoms in total. The highest BCUT2D eigenvalue weighted by atomic mass is 35.5. The highest BCUT2D eigenvalue weighted by molar-refractivity contribution is 6.17. The second-order valence-corrected chi connectivity index (χ2v) is 2.64. The molecule has 0 fully saturated rings. The minimum absolute atomic E-state index is 0.188. The molecule has 0 heterocycles. The van der Waals surface area contributed by atoms with Gasteiger partial charge >= 0.3 is 0 Å². The number of rotatable bonds is 3. The first-order valence-corrected chi connectivity index (χ1v) is 4.15. The van der Waals surface area contributed by atoms with Gasteiger partial charge in [0.2, 0.25) is 0 Å². The van der Waals surface area contributed by atoms with E-state index in [0.717, 1.165) is 11.1 Å². The fraction of sp³-hybridized carbons (Fsp3) is 0.333. The number of aliphatic hydroxyl groups is 1. The third-order valence-corrected chi connectivity index (χ3v) is 1.93. The molecule has 1 aromatic rings. The predicted molar refractivity (Wildman–Crippen MR) is 46.8 cm³/mol. The van der Waals surface area contributed by atoms with Crippen molar-refractivity contribution in [3.8, 4) is 0 Å². The van der Waals surface area contributed by atoms with Crippen LogP contribution in [0.15, 0.2) is 24.3 Å². The molecule has 0 unspecified atom stereocenters. The summed E-state index contributed by atoms with van der Waals surface area (Å²) in [6.07, 6.45) is 0.697. The van der Waals surface area contributed by atoms with E-state index in [1.807, 2.05) is 24.3 Å². The molecule has 0 saturated carbocycles. The van der Waals surface area contributed by atoms with Crippen LogP contribution in [0.1, 0.15) is 11.1 Å². The normalized spacial score (nSPS) is 10.0. The lowest BCUT2D eigenvalue weighted by atomic mass is 10.1. The molecule has 0 aliphatic rings. The summed E-state index contributed by atoms with van der Waals surface area (Å²) in [5.74, 6) is 0.524. The Balaban J connectivity index is 2.83. The summed E-state index contributed by atoms with van der Waals surface area (Å²) in [4.78, 5) is 0. The van der Waals surface area contributed by atoms with E-state index in [0.29, 0.717) is 12.3 Å². The number of aliphatic hydroxyl groups excluding tert-OH is 1. The first-order valence-electron chi connectivity index (χ1n) is 3.62. The number of hydrogen-bond donors (Lipinski definition) is 1. The number of hydrogen-bond acceptors (Lipinski definition) is 1. The van der Waals surface area contributed by atoms with Crippen LogP contribution in [0.3, 0.4) is 0 Å². The van der Waals surface area contributed by atoms with Crippen LogP contribution < -0.4 is 0 Å². The summed E-state index contributed by atoms with van der Waals surface area (Å²) >= 11 is 5.69. The Hall–Kier alpha value is -0.530. The summed E-state index contributed by atoms with van der Waals surface area (Å²) in [6.45, 7) is 0.188. The van der Waals surface area contributed by atoms with E-state index >= 15 is 0 Å². The highest BCUT2D eigenvalue weighted by Gasteiger charge is 1.97. The van der Waals surface area contributed by atoms with Gasteiger partial charge in [0, 0.05) is 12.5 Å². The minimum Gasteiger partial charge on any atom is -0.396 e. The molecule has 1 aromatic carbocycles. The van der Waals surface area contributed by atoms with Crippen LogP contribution in [0.5, 0.6) is 0 Å². The quantitative estimate of drug-likeness (QED) is 0.688. The van der Waals surface area contributed by atoms with Crippen LogP contribution in [0.25, 0.3) is 0 Å². The minimum atomic E-state index is 0.188. The molecule has 0 atom stereocenters. The molecule has 11 heavy (non-hydrogen) atoms. The highest BCUT2D eigenvalue weighted by Crippen LogP contribution is 2.11. The van der Waals surface area contributed by atoms with Crippen molar-refractivity contribution in [2.75, 3.05) is 6.61 Å². The second-order valence-electron chi connectivity index (χ2n) is 2.38. The maximum absolute atomic E-state index is 8.70. The fourth-order valence-electron chi connectivity index (χ4n) is 1.05. The standard InChI is InChI=1S/C9H11ClO/c10-7-9-4-2-1-3-8(9)5-6-11/h1-4,11H,5-7H2. The van der Waals surface area contributed by atoms with Crippen LogP contribution >= 0.6 is 11.6 Å². The number of halogens is 1. The van der Waals surface area contributed by atoms with Gasteiger partial charge in [0.25, 0.3) is 0 Å². The molecular formula is C9H11ClO. The van der Waals surface area contributed by atoms with E-state index < -0.39 is 0 Å². The van der Waals surface area contributed by atoms with Gasteiger partial charge in [0.1, 0.15) is 0 Å². The van der Waals surface area contributed by atoms with E-state index in [2.05, 4.69) is 0 Å². The summed E-state index contributed by atoms with van der Waals surface area (Å²) in [7, 11) is 0. The number of alkyl halides is 1. The molecule has 0 aromatic heterocycles. The van der Waals surface area contributed by atoms with Crippen LogP contribution in [0.4, 0.5) is 0 Å².